The monoisotopic (exact) mass is 222 g/mol. The van der Waals surface area contributed by atoms with E-state index in [1.165, 1.54) is 7.11 Å². The number of rotatable bonds is 2. The Labute approximate surface area is 93.8 Å². The lowest BCUT2D eigenvalue weighted by atomic mass is 10.1. The van der Waals surface area contributed by atoms with Crippen LogP contribution in [0, 0.1) is 0 Å². The van der Waals surface area contributed by atoms with Crippen LogP contribution in [0.1, 0.15) is 24.5 Å². The third-order valence-corrected chi connectivity index (χ3v) is 2.76. The average Bonchev–Trinajstić information content (AvgIpc) is 2.73. The van der Waals surface area contributed by atoms with Crippen molar-refractivity contribution in [2.75, 3.05) is 7.11 Å². The first-order valence-electron chi connectivity index (χ1n) is 5.19. The number of carbonyl (C=O) groups excluding carboxylic acids is 1. The fourth-order valence-electron chi connectivity index (χ4n) is 1.89. The van der Waals surface area contributed by atoms with Gasteiger partial charge in [0.2, 0.25) is 0 Å². The van der Waals surface area contributed by atoms with Crippen LogP contribution < -0.4 is 0 Å². The molecule has 0 bridgehead atoms. The summed E-state index contributed by atoms with van der Waals surface area (Å²) in [6, 6.07) is 9.52. The van der Waals surface area contributed by atoms with E-state index in [1.807, 2.05) is 30.3 Å². The van der Waals surface area contributed by atoms with E-state index in [2.05, 4.69) is 4.74 Å². The molecule has 0 aromatic heterocycles. The van der Waals surface area contributed by atoms with Crippen molar-refractivity contribution in [3.8, 4) is 0 Å². The Morgan fingerprint density at radius 2 is 2.19 bits per heavy atom. The van der Waals surface area contributed by atoms with Crippen molar-refractivity contribution >= 4 is 5.97 Å². The van der Waals surface area contributed by atoms with Crippen molar-refractivity contribution in [2.24, 2.45) is 0 Å². The molecule has 16 heavy (non-hydrogen) atoms. The molecular weight excluding hydrogens is 208 g/mol. The van der Waals surface area contributed by atoms with Crippen LogP contribution in [0.5, 0.6) is 0 Å². The third-order valence-electron chi connectivity index (χ3n) is 2.76. The molecule has 2 rings (SSSR count). The Morgan fingerprint density at radius 1 is 1.50 bits per heavy atom. The third kappa shape index (κ3) is 1.94. The molecule has 2 atom stereocenters. The Morgan fingerprint density at radius 3 is 2.81 bits per heavy atom. The maximum absolute atomic E-state index is 11.3. The normalized spacial score (nSPS) is 29.0. The Bertz CT molecular complexity index is 376. The van der Waals surface area contributed by atoms with E-state index in [4.69, 9.17) is 4.74 Å². The van der Waals surface area contributed by atoms with Gasteiger partial charge in [-0.2, -0.15) is 0 Å². The largest absolute Gasteiger partial charge is 0.465 e. The molecule has 1 fully saturated rings. The summed E-state index contributed by atoms with van der Waals surface area (Å²) in [7, 11) is 1.24. The van der Waals surface area contributed by atoms with Crippen LogP contribution in [0.2, 0.25) is 0 Å². The van der Waals surface area contributed by atoms with Crippen LogP contribution in [0.3, 0.4) is 0 Å². The topological polar surface area (TPSA) is 55.8 Å². The lowest BCUT2D eigenvalue weighted by molar-refractivity contribution is -0.220. The molecule has 1 aliphatic rings. The molecule has 0 aliphatic carbocycles. The molecule has 1 aromatic rings. The second-order valence-electron chi connectivity index (χ2n) is 3.83. The van der Waals surface area contributed by atoms with Crippen LogP contribution >= 0.6 is 0 Å². The van der Waals surface area contributed by atoms with Crippen LogP contribution in [-0.2, 0) is 14.3 Å². The van der Waals surface area contributed by atoms with Crippen molar-refractivity contribution in [2.45, 2.75) is 24.7 Å². The van der Waals surface area contributed by atoms with Crippen LogP contribution in [0.4, 0.5) is 0 Å². The highest BCUT2D eigenvalue weighted by molar-refractivity contribution is 5.77. The smallest absolute Gasteiger partial charge is 0.366 e. The summed E-state index contributed by atoms with van der Waals surface area (Å²) in [4.78, 5) is 11.3. The quantitative estimate of drug-likeness (QED) is 0.768. The van der Waals surface area contributed by atoms with Crippen LogP contribution in [0.25, 0.3) is 0 Å². The summed E-state index contributed by atoms with van der Waals surface area (Å²) in [5.74, 6) is -2.51. The highest BCUT2D eigenvalue weighted by Crippen LogP contribution is 2.38. The molecule has 1 heterocycles. The molecule has 0 saturated carbocycles. The van der Waals surface area contributed by atoms with Gasteiger partial charge in [-0.25, -0.2) is 4.79 Å². The van der Waals surface area contributed by atoms with E-state index >= 15 is 0 Å². The number of hydrogen-bond donors (Lipinski definition) is 1. The van der Waals surface area contributed by atoms with Gasteiger partial charge >= 0.3 is 5.97 Å². The van der Waals surface area contributed by atoms with Gasteiger partial charge < -0.3 is 14.6 Å². The number of carbonyl (C=O) groups is 1. The standard InChI is InChI=1S/C12H14O4/c1-15-11(13)12(14)8-7-10(16-12)9-5-3-2-4-6-9/h2-6,10,14H,7-8H2,1H3. The predicted octanol–water partition coefficient (Wildman–Crippen LogP) is 1.40. The molecular formula is C12H14O4. The average molecular weight is 222 g/mol. The molecule has 0 radical (unpaired) electrons. The minimum absolute atomic E-state index is 0.245. The summed E-state index contributed by atoms with van der Waals surface area (Å²) in [5, 5.41) is 9.89. The number of benzene rings is 1. The molecule has 2 unspecified atom stereocenters. The van der Waals surface area contributed by atoms with Gasteiger partial charge in [0, 0.05) is 6.42 Å². The van der Waals surface area contributed by atoms with Gasteiger partial charge in [-0.1, -0.05) is 30.3 Å². The Hall–Kier alpha value is -1.39. The molecule has 4 heteroatoms. The number of esters is 1. The number of ether oxygens (including phenoxy) is 2. The molecule has 1 N–H and O–H groups in total. The highest BCUT2D eigenvalue weighted by Gasteiger charge is 2.46. The summed E-state index contributed by atoms with van der Waals surface area (Å²) in [5.41, 5.74) is 0.960. The van der Waals surface area contributed by atoms with Gasteiger partial charge in [0.25, 0.3) is 5.79 Å². The van der Waals surface area contributed by atoms with E-state index < -0.39 is 11.8 Å². The van der Waals surface area contributed by atoms with Crippen molar-refractivity contribution in [3.05, 3.63) is 35.9 Å². The van der Waals surface area contributed by atoms with Crippen molar-refractivity contribution in [1.29, 1.82) is 0 Å². The van der Waals surface area contributed by atoms with Crippen molar-refractivity contribution < 1.29 is 19.4 Å². The first kappa shape index (κ1) is 11.1. The van der Waals surface area contributed by atoms with Gasteiger partial charge in [-0.05, 0) is 12.0 Å². The van der Waals surface area contributed by atoms with E-state index in [0.29, 0.717) is 6.42 Å². The summed E-state index contributed by atoms with van der Waals surface area (Å²) < 4.78 is 9.88. The SMILES string of the molecule is COC(=O)C1(O)CCC(c2ccccc2)O1. The van der Waals surface area contributed by atoms with Gasteiger partial charge in [-0.3, -0.25) is 0 Å². The van der Waals surface area contributed by atoms with Gasteiger partial charge in [0.1, 0.15) is 0 Å². The Kier molecular flexibility index (Phi) is 2.94. The minimum Gasteiger partial charge on any atom is -0.465 e. The molecule has 1 saturated heterocycles. The zero-order valence-electron chi connectivity index (χ0n) is 9.05. The molecule has 1 aromatic carbocycles. The Balaban J connectivity index is 2.12. The second-order valence-corrected chi connectivity index (χ2v) is 3.83. The van der Waals surface area contributed by atoms with Crippen LogP contribution in [0.15, 0.2) is 30.3 Å². The predicted molar refractivity (Wildman–Crippen MR) is 56.5 cm³/mol. The van der Waals surface area contributed by atoms with Gasteiger partial charge in [-0.15, -0.1) is 0 Å². The maximum atomic E-state index is 11.3. The maximum Gasteiger partial charge on any atom is 0.366 e. The van der Waals surface area contributed by atoms with E-state index in [9.17, 15) is 9.90 Å². The van der Waals surface area contributed by atoms with Crippen molar-refractivity contribution in [3.63, 3.8) is 0 Å². The van der Waals surface area contributed by atoms with Gasteiger partial charge in [0.15, 0.2) is 0 Å². The molecule has 0 spiro atoms. The first-order valence-corrected chi connectivity index (χ1v) is 5.19. The molecule has 4 nitrogen and oxygen atoms in total. The van der Waals surface area contributed by atoms with E-state index in [1.54, 1.807) is 0 Å². The zero-order chi connectivity index (χ0) is 11.6. The molecule has 1 aliphatic heterocycles. The molecule has 0 amide bonds. The van der Waals surface area contributed by atoms with Crippen molar-refractivity contribution in [1.82, 2.24) is 0 Å². The fourth-order valence-corrected chi connectivity index (χ4v) is 1.89. The highest BCUT2D eigenvalue weighted by atomic mass is 16.7. The van der Waals surface area contributed by atoms with E-state index in [-0.39, 0.29) is 12.5 Å². The van der Waals surface area contributed by atoms with Gasteiger partial charge in [0.05, 0.1) is 13.2 Å². The van der Waals surface area contributed by atoms with E-state index in [0.717, 1.165) is 5.56 Å². The number of methoxy groups -OCH3 is 1. The lowest BCUT2D eigenvalue weighted by Gasteiger charge is -2.20. The lowest BCUT2D eigenvalue weighted by Crippen LogP contribution is -2.38. The first-order chi connectivity index (χ1) is 7.65. The summed E-state index contributed by atoms with van der Waals surface area (Å²) >= 11 is 0. The second kappa shape index (κ2) is 4.23. The minimum atomic E-state index is -1.78. The molecule has 86 valence electrons. The summed E-state index contributed by atoms with van der Waals surface area (Å²) in [6.45, 7) is 0. The zero-order valence-corrected chi connectivity index (χ0v) is 9.05. The van der Waals surface area contributed by atoms with Crippen LogP contribution in [-0.4, -0.2) is 24.0 Å². The fraction of sp³-hybridized carbons (Fsp3) is 0.417. The summed E-state index contributed by atoms with van der Waals surface area (Å²) in [6.07, 6.45) is 0.625. The number of aliphatic hydroxyl groups is 1. The number of hydrogen-bond acceptors (Lipinski definition) is 4.